The molecule has 2 amide bonds. The molecule has 1 aromatic heterocycles. The third kappa shape index (κ3) is 4.47. The van der Waals surface area contributed by atoms with Gasteiger partial charge in [-0.3, -0.25) is 19.7 Å². The second-order valence-corrected chi connectivity index (χ2v) is 7.86. The second kappa shape index (κ2) is 9.44. The number of hydrogen-bond acceptors (Lipinski definition) is 7. The Balaban J connectivity index is 1.54. The van der Waals surface area contributed by atoms with Crippen molar-refractivity contribution < 1.29 is 23.5 Å². The maximum Gasteiger partial charge on any atom is 0.321 e. The van der Waals surface area contributed by atoms with E-state index in [1.54, 1.807) is 48.2 Å². The van der Waals surface area contributed by atoms with Gasteiger partial charge in [0.2, 0.25) is 11.9 Å². The van der Waals surface area contributed by atoms with Crippen LogP contribution in [0.5, 0.6) is 0 Å². The fraction of sp³-hybridized carbons (Fsp3) is 0.364. The number of nitrogens with zero attached hydrogens (tertiary/aromatic N) is 3. The van der Waals surface area contributed by atoms with E-state index >= 15 is 0 Å². The molecule has 32 heavy (non-hydrogen) atoms. The lowest BCUT2D eigenvalue weighted by Gasteiger charge is -2.38. The van der Waals surface area contributed by atoms with E-state index in [-0.39, 0.29) is 12.5 Å². The molecule has 3 heterocycles. The number of piperazine rings is 1. The molecule has 1 N–H and O–H groups in total. The lowest BCUT2D eigenvalue weighted by atomic mass is 9.91. The van der Waals surface area contributed by atoms with Gasteiger partial charge in [0.1, 0.15) is 6.04 Å². The number of nitrogens with one attached hydrogen (secondary N) is 1. The number of guanidine groups is 1. The molecule has 0 unspecified atom stereocenters. The zero-order chi connectivity index (χ0) is 22.7. The monoisotopic (exact) mass is 458 g/mol. The van der Waals surface area contributed by atoms with E-state index in [2.05, 4.69) is 5.32 Å². The number of carbonyl (C=O) groups excluding carboxylic acids is 3. The Hall–Kier alpha value is -3.33. The van der Waals surface area contributed by atoms with Crippen LogP contribution in [-0.2, 0) is 14.3 Å². The number of amides is 2. The molecule has 0 spiro atoms. The van der Waals surface area contributed by atoms with Crippen LogP contribution >= 0.6 is 11.6 Å². The van der Waals surface area contributed by atoms with Crippen LogP contribution in [0.4, 0.5) is 0 Å². The zero-order valence-electron chi connectivity index (χ0n) is 17.5. The highest BCUT2D eigenvalue weighted by molar-refractivity contribution is 6.30. The maximum atomic E-state index is 12.9. The normalized spacial score (nSPS) is 21.1. The van der Waals surface area contributed by atoms with Gasteiger partial charge in [0.05, 0.1) is 12.9 Å². The summed E-state index contributed by atoms with van der Waals surface area (Å²) >= 11 is 6.00. The van der Waals surface area contributed by atoms with Gasteiger partial charge in [0.15, 0.2) is 11.7 Å². The van der Waals surface area contributed by atoms with Gasteiger partial charge in [-0.2, -0.15) is 0 Å². The summed E-state index contributed by atoms with van der Waals surface area (Å²) in [6, 6.07) is 9.45. The Bertz CT molecular complexity index is 1010. The first-order valence-electron chi connectivity index (χ1n) is 10.4. The smallest absolute Gasteiger partial charge is 0.321 e. The van der Waals surface area contributed by atoms with Crippen LogP contribution in [0.3, 0.4) is 0 Å². The predicted octanol–water partition coefficient (Wildman–Crippen LogP) is 2.10. The molecule has 0 saturated carbocycles. The third-order valence-electron chi connectivity index (χ3n) is 5.45. The van der Waals surface area contributed by atoms with Crippen LogP contribution in [0, 0.1) is 5.92 Å². The van der Waals surface area contributed by atoms with Crippen LogP contribution in [0.2, 0.25) is 5.02 Å². The van der Waals surface area contributed by atoms with Gasteiger partial charge >= 0.3 is 5.97 Å². The minimum atomic E-state index is -1.10. The lowest BCUT2D eigenvalue weighted by Crippen LogP contribution is -2.58. The van der Waals surface area contributed by atoms with Crippen molar-refractivity contribution in [3.05, 3.63) is 59.0 Å². The third-order valence-corrected chi connectivity index (χ3v) is 5.70. The molecule has 1 fully saturated rings. The van der Waals surface area contributed by atoms with Crippen molar-refractivity contribution in [2.75, 3.05) is 32.8 Å². The Morgan fingerprint density at radius 1 is 1.19 bits per heavy atom. The van der Waals surface area contributed by atoms with Gasteiger partial charge in [0, 0.05) is 31.2 Å². The first-order valence-corrected chi connectivity index (χ1v) is 10.7. The fourth-order valence-corrected chi connectivity index (χ4v) is 3.93. The largest absolute Gasteiger partial charge is 0.465 e. The van der Waals surface area contributed by atoms with Crippen LogP contribution < -0.4 is 5.32 Å². The Labute approximate surface area is 190 Å². The Morgan fingerprint density at radius 2 is 1.91 bits per heavy atom. The molecule has 0 radical (unpaired) electrons. The summed E-state index contributed by atoms with van der Waals surface area (Å²) < 4.78 is 10.3. The van der Waals surface area contributed by atoms with Gasteiger partial charge < -0.3 is 19.0 Å². The van der Waals surface area contributed by atoms with Crippen LogP contribution in [0.25, 0.3) is 0 Å². The predicted molar refractivity (Wildman–Crippen MR) is 116 cm³/mol. The molecule has 1 saturated heterocycles. The number of ether oxygens (including phenoxy) is 1. The maximum absolute atomic E-state index is 12.9. The van der Waals surface area contributed by atoms with Crippen molar-refractivity contribution in [1.29, 1.82) is 0 Å². The van der Waals surface area contributed by atoms with Gasteiger partial charge in [0.25, 0.3) is 5.91 Å². The van der Waals surface area contributed by atoms with Crippen LogP contribution in [0.15, 0.2) is 52.1 Å². The summed E-state index contributed by atoms with van der Waals surface area (Å²) in [6.07, 6.45) is 1.46. The molecular formula is C22H23ClN4O5. The van der Waals surface area contributed by atoms with E-state index < -0.39 is 23.8 Å². The summed E-state index contributed by atoms with van der Waals surface area (Å²) in [7, 11) is 0. The van der Waals surface area contributed by atoms with Crippen molar-refractivity contribution in [2.45, 2.75) is 13.0 Å². The van der Waals surface area contributed by atoms with Gasteiger partial charge in [-0.25, -0.2) is 4.99 Å². The number of rotatable bonds is 4. The Morgan fingerprint density at radius 3 is 2.53 bits per heavy atom. The van der Waals surface area contributed by atoms with Crippen molar-refractivity contribution in [2.24, 2.45) is 10.9 Å². The molecule has 2 atom stereocenters. The summed E-state index contributed by atoms with van der Waals surface area (Å²) in [5.74, 6) is -1.70. The second-order valence-electron chi connectivity index (χ2n) is 7.42. The van der Waals surface area contributed by atoms with E-state index in [0.29, 0.717) is 48.5 Å². The van der Waals surface area contributed by atoms with Gasteiger partial charge in [-0.1, -0.05) is 23.7 Å². The minimum absolute atomic E-state index is 0.165. The van der Waals surface area contributed by atoms with Gasteiger partial charge in [-0.05, 0) is 36.8 Å². The Kier molecular flexibility index (Phi) is 6.45. The number of esters is 1. The molecule has 9 nitrogen and oxygen atoms in total. The van der Waals surface area contributed by atoms with Crippen molar-refractivity contribution in [3.63, 3.8) is 0 Å². The van der Waals surface area contributed by atoms with E-state index in [4.69, 9.17) is 25.7 Å². The molecule has 4 rings (SSSR count). The molecule has 2 aromatic rings. The average Bonchev–Trinajstić information content (AvgIpc) is 3.34. The topological polar surface area (TPSA) is 104 Å². The highest BCUT2D eigenvalue weighted by Gasteiger charge is 2.42. The summed E-state index contributed by atoms with van der Waals surface area (Å²) in [4.78, 5) is 46.2. The van der Waals surface area contributed by atoms with E-state index in [0.717, 1.165) is 0 Å². The van der Waals surface area contributed by atoms with Gasteiger partial charge in [-0.15, -0.1) is 0 Å². The van der Waals surface area contributed by atoms with E-state index in [1.165, 1.54) is 6.26 Å². The van der Waals surface area contributed by atoms with E-state index in [1.807, 2.05) is 4.90 Å². The highest BCUT2D eigenvalue weighted by Crippen LogP contribution is 2.31. The van der Waals surface area contributed by atoms with Crippen molar-refractivity contribution in [3.8, 4) is 0 Å². The molecule has 2 aliphatic rings. The molecule has 0 bridgehead atoms. The number of furan rings is 1. The molecule has 168 valence electrons. The quantitative estimate of drug-likeness (QED) is 0.555. The summed E-state index contributed by atoms with van der Waals surface area (Å²) in [5, 5.41) is 3.29. The molecular weight excluding hydrogens is 436 g/mol. The van der Waals surface area contributed by atoms with Crippen molar-refractivity contribution in [1.82, 2.24) is 15.1 Å². The SMILES string of the molecule is CCOC(=O)[C@H]1C(=O)NC(N2CCN(C(=O)c3ccco3)CC2)=N[C@@H]1c1ccc(Cl)cc1. The van der Waals surface area contributed by atoms with Crippen LogP contribution in [0.1, 0.15) is 29.1 Å². The first kappa shape index (κ1) is 21.9. The summed E-state index contributed by atoms with van der Waals surface area (Å²) in [5.41, 5.74) is 0.687. The number of hydrogen-bond donors (Lipinski definition) is 1. The molecule has 1 aromatic carbocycles. The first-order chi connectivity index (χ1) is 15.5. The zero-order valence-corrected chi connectivity index (χ0v) is 18.2. The van der Waals surface area contributed by atoms with E-state index in [9.17, 15) is 14.4 Å². The molecule has 10 heteroatoms. The number of halogens is 1. The average molecular weight is 459 g/mol. The highest BCUT2D eigenvalue weighted by atomic mass is 35.5. The number of carbonyl (C=O) groups is 3. The summed E-state index contributed by atoms with van der Waals surface area (Å²) in [6.45, 7) is 3.70. The molecule has 2 aliphatic heterocycles. The number of benzene rings is 1. The molecule has 0 aliphatic carbocycles. The fourth-order valence-electron chi connectivity index (χ4n) is 3.80. The van der Waals surface area contributed by atoms with Crippen LogP contribution in [-0.4, -0.2) is 66.3 Å². The standard InChI is InChI=1S/C22H23ClN4O5/c1-2-31-21(30)17-18(14-5-7-15(23)8-6-14)24-22(25-19(17)28)27-11-9-26(10-12-27)20(29)16-4-3-13-32-16/h3-8,13,17-18H,2,9-12H2,1H3,(H,24,25,28)/t17-,18-/m1/s1. The van der Waals surface area contributed by atoms with Crippen molar-refractivity contribution >= 4 is 35.3 Å². The number of aliphatic imine (C=N–C) groups is 1. The minimum Gasteiger partial charge on any atom is -0.465 e. The lowest BCUT2D eigenvalue weighted by molar-refractivity contribution is -0.153.